The number of carbonyl (C=O) groups is 1. The Bertz CT molecular complexity index is 490. The highest BCUT2D eigenvalue weighted by Crippen LogP contribution is 2.21. The van der Waals surface area contributed by atoms with Gasteiger partial charge in [-0.05, 0) is 58.9 Å². The lowest BCUT2D eigenvalue weighted by Crippen LogP contribution is -2.54. The Hall–Kier alpha value is -1.55. The lowest BCUT2D eigenvalue weighted by atomic mass is 9.86. The van der Waals surface area contributed by atoms with Crippen LogP contribution in [0.5, 0.6) is 0 Å². The molecule has 128 valence electrons. The molecule has 1 atom stereocenters. The average molecular weight is 318 g/mol. The Morgan fingerprint density at radius 3 is 2.48 bits per heavy atom. The zero-order chi connectivity index (χ0) is 16.9. The smallest absolute Gasteiger partial charge is 0.407 e. The molecule has 1 fully saturated rings. The molecule has 1 aliphatic carbocycles. The summed E-state index contributed by atoms with van der Waals surface area (Å²) in [6.45, 7) is 7.88. The lowest BCUT2D eigenvalue weighted by Gasteiger charge is -2.38. The predicted molar refractivity (Wildman–Crippen MR) is 93.5 cm³/mol. The second-order valence-electron chi connectivity index (χ2n) is 7.60. The van der Waals surface area contributed by atoms with Gasteiger partial charge in [-0.15, -0.1) is 0 Å². The van der Waals surface area contributed by atoms with Crippen LogP contribution in [0.1, 0.15) is 52.5 Å². The zero-order valence-electron chi connectivity index (χ0n) is 14.8. The van der Waals surface area contributed by atoms with Crippen molar-refractivity contribution in [2.75, 3.05) is 0 Å². The second-order valence-corrected chi connectivity index (χ2v) is 7.60. The molecule has 23 heavy (non-hydrogen) atoms. The van der Waals surface area contributed by atoms with Crippen LogP contribution in [0.25, 0.3) is 0 Å². The van der Waals surface area contributed by atoms with Crippen LogP contribution in [0.2, 0.25) is 0 Å². The third-order valence-corrected chi connectivity index (χ3v) is 4.09. The van der Waals surface area contributed by atoms with Gasteiger partial charge >= 0.3 is 6.09 Å². The van der Waals surface area contributed by atoms with Crippen molar-refractivity contribution in [2.45, 2.75) is 77.1 Å². The van der Waals surface area contributed by atoms with E-state index in [0.29, 0.717) is 12.1 Å². The summed E-state index contributed by atoms with van der Waals surface area (Å²) in [6, 6.07) is 11.8. The first-order valence-electron chi connectivity index (χ1n) is 8.61. The molecular weight excluding hydrogens is 288 g/mol. The predicted octanol–water partition coefficient (Wildman–Crippen LogP) is 3.65. The summed E-state index contributed by atoms with van der Waals surface area (Å²) in [6.07, 6.45) is 3.88. The Kier molecular flexibility index (Phi) is 6.05. The molecule has 1 amide bonds. The van der Waals surface area contributed by atoms with Gasteiger partial charge in [-0.1, -0.05) is 30.3 Å². The van der Waals surface area contributed by atoms with E-state index in [0.717, 1.165) is 25.7 Å². The van der Waals surface area contributed by atoms with Crippen LogP contribution in [0.15, 0.2) is 30.3 Å². The van der Waals surface area contributed by atoms with Crippen molar-refractivity contribution in [2.24, 2.45) is 0 Å². The number of amides is 1. The minimum atomic E-state index is -0.433. The molecule has 0 bridgehead atoms. The fourth-order valence-corrected chi connectivity index (χ4v) is 2.86. The highest BCUT2D eigenvalue weighted by atomic mass is 16.6. The van der Waals surface area contributed by atoms with Gasteiger partial charge in [-0.3, -0.25) is 0 Å². The van der Waals surface area contributed by atoms with Crippen LogP contribution in [-0.2, 0) is 11.2 Å². The minimum absolute atomic E-state index is 0.240. The molecule has 1 aliphatic rings. The molecule has 2 rings (SSSR count). The molecule has 4 nitrogen and oxygen atoms in total. The summed E-state index contributed by atoms with van der Waals surface area (Å²) < 4.78 is 5.28. The van der Waals surface area contributed by atoms with Gasteiger partial charge in [0.1, 0.15) is 5.60 Å². The number of aryl methyl sites for hydroxylation is 1. The Labute approximate surface area is 140 Å². The van der Waals surface area contributed by atoms with E-state index >= 15 is 0 Å². The third kappa shape index (κ3) is 6.61. The van der Waals surface area contributed by atoms with Gasteiger partial charge in [-0.2, -0.15) is 0 Å². The van der Waals surface area contributed by atoms with Gasteiger partial charge in [0.05, 0.1) is 0 Å². The first kappa shape index (κ1) is 17.8. The van der Waals surface area contributed by atoms with Crippen molar-refractivity contribution in [1.29, 1.82) is 0 Å². The molecule has 0 spiro atoms. The maximum atomic E-state index is 11.7. The fraction of sp³-hybridized carbons (Fsp3) is 0.632. The molecule has 2 N–H and O–H groups in total. The summed E-state index contributed by atoms with van der Waals surface area (Å²) in [7, 11) is 0. The molecular formula is C19H30N2O2. The number of ether oxygens (including phenoxy) is 1. The quantitative estimate of drug-likeness (QED) is 0.841. The van der Waals surface area contributed by atoms with Crippen molar-refractivity contribution in [3.8, 4) is 0 Å². The standard InChI is InChI=1S/C19H30N2O2/c1-14(10-11-15-8-6-5-7-9-15)20-16-12-17(13-16)21-18(22)23-19(2,3)4/h5-9,14,16-17,20H,10-13H2,1-4H3,(H,21,22). The Morgan fingerprint density at radius 2 is 1.87 bits per heavy atom. The number of benzene rings is 1. The average Bonchev–Trinajstić information content (AvgIpc) is 2.42. The molecule has 0 radical (unpaired) electrons. The van der Waals surface area contributed by atoms with Crippen LogP contribution in [0.4, 0.5) is 4.79 Å². The molecule has 0 aliphatic heterocycles. The normalized spacial score (nSPS) is 22.1. The SMILES string of the molecule is CC(CCc1ccccc1)NC1CC(NC(=O)OC(C)(C)C)C1. The van der Waals surface area contributed by atoms with Gasteiger partial charge in [-0.25, -0.2) is 4.79 Å². The molecule has 0 saturated heterocycles. The van der Waals surface area contributed by atoms with Crippen molar-refractivity contribution in [1.82, 2.24) is 10.6 Å². The Morgan fingerprint density at radius 1 is 1.22 bits per heavy atom. The van der Waals surface area contributed by atoms with Gasteiger partial charge in [0.25, 0.3) is 0 Å². The summed E-state index contributed by atoms with van der Waals surface area (Å²) in [5.74, 6) is 0. The fourth-order valence-electron chi connectivity index (χ4n) is 2.86. The highest BCUT2D eigenvalue weighted by Gasteiger charge is 2.32. The summed E-state index contributed by atoms with van der Waals surface area (Å²) in [5.41, 5.74) is 0.955. The topological polar surface area (TPSA) is 50.4 Å². The van der Waals surface area contributed by atoms with E-state index in [9.17, 15) is 4.79 Å². The first-order chi connectivity index (χ1) is 10.8. The number of hydrogen-bond donors (Lipinski definition) is 2. The van der Waals surface area contributed by atoms with Crippen LogP contribution in [-0.4, -0.2) is 29.8 Å². The van der Waals surface area contributed by atoms with Gasteiger partial charge in [0, 0.05) is 18.1 Å². The highest BCUT2D eigenvalue weighted by molar-refractivity contribution is 5.68. The van der Waals surface area contributed by atoms with Crippen molar-refractivity contribution < 1.29 is 9.53 Å². The zero-order valence-corrected chi connectivity index (χ0v) is 14.8. The van der Waals surface area contributed by atoms with Crippen LogP contribution >= 0.6 is 0 Å². The molecule has 1 unspecified atom stereocenters. The van der Waals surface area contributed by atoms with Crippen molar-refractivity contribution in [3.05, 3.63) is 35.9 Å². The van der Waals surface area contributed by atoms with Crippen LogP contribution in [0, 0.1) is 0 Å². The van der Waals surface area contributed by atoms with E-state index in [4.69, 9.17) is 4.74 Å². The number of alkyl carbamates (subject to hydrolysis) is 1. The third-order valence-electron chi connectivity index (χ3n) is 4.09. The summed E-state index contributed by atoms with van der Waals surface area (Å²) in [4.78, 5) is 11.7. The van der Waals surface area contributed by atoms with E-state index < -0.39 is 5.60 Å². The number of rotatable bonds is 6. The molecule has 1 aromatic rings. The van der Waals surface area contributed by atoms with Crippen molar-refractivity contribution >= 4 is 6.09 Å². The van der Waals surface area contributed by atoms with Crippen LogP contribution < -0.4 is 10.6 Å². The van der Waals surface area contributed by atoms with E-state index in [2.05, 4.69) is 47.9 Å². The lowest BCUT2D eigenvalue weighted by molar-refractivity contribution is 0.0463. The van der Waals surface area contributed by atoms with Gasteiger partial charge in [0.2, 0.25) is 0 Å². The first-order valence-corrected chi connectivity index (χ1v) is 8.61. The van der Waals surface area contributed by atoms with E-state index in [-0.39, 0.29) is 12.1 Å². The number of nitrogens with one attached hydrogen (secondary N) is 2. The monoisotopic (exact) mass is 318 g/mol. The molecule has 0 heterocycles. The molecule has 1 aromatic carbocycles. The molecule has 1 saturated carbocycles. The number of carbonyl (C=O) groups excluding carboxylic acids is 1. The Balaban J connectivity index is 1.59. The molecule has 0 aromatic heterocycles. The summed E-state index contributed by atoms with van der Waals surface area (Å²) >= 11 is 0. The van der Waals surface area contributed by atoms with E-state index in [1.54, 1.807) is 0 Å². The van der Waals surface area contributed by atoms with Gasteiger partial charge < -0.3 is 15.4 Å². The maximum absolute atomic E-state index is 11.7. The van der Waals surface area contributed by atoms with Gasteiger partial charge in [0.15, 0.2) is 0 Å². The van der Waals surface area contributed by atoms with Crippen LogP contribution in [0.3, 0.4) is 0 Å². The second kappa shape index (κ2) is 7.82. The molecule has 4 heteroatoms. The van der Waals surface area contributed by atoms with Crippen molar-refractivity contribution in [3.63, 3.8) is 0 Å². The van der Waals surface area contributed by atoms with E-state index in [1.165, 1.54) is 5.56 Å². The minimum Gasteiger partial charge on any atom is -0.444 e. The summed E-state index contributed by atoms with van der Waals surface area (Å²) in [5, 5.41) is 6.58. The largest absolute Gasteiger partial charge is 0.444 e. The maximum Gasteiger partial charge on any atom is 0.407 e. The van der Waals surface area contributed by atoms with E-state index in [1.807, 2.05) is 20.8 Å². The number of hydrogen-bond acceptors (Lipinski definition) is 3.